The second kappa shape index (κ2) is 4.40. The van der Waals surface area contributed by atoms with Gasteiger partial charge in [0.1, 0.15) is 0 Å². The summed E-state index contributed by atoms with van der Waals surface area (Å²) in [6.45, 7) is 4.35. The van der Waals surface area contributed by atoms with Gasteiger partial charge in [-0.15, -0.1) is 0 Å². The molecule has 0 fully saturated rings. The highest BCUT2D eigenvalue weighted by molar-refractivity contribution is 9.10. The molecule has 0 N–H and O–H groups in total. The Labute approximate surface area is 116 Å². The number of aryl methyl sites for hydroxylation is 2. The number of fused-ring (bicyclic) bond motifs is 1. The van der Waals surface area contributed by atoms with Crippen LogP contribution in [0.3, 0.4) is 0 Å². The van der Waals surface area contributed by atoms with Crippen LogP contribution in [-0.2, 0) is 0 Å². The molecule has 0 amide bonds. The van der Waals surface area contributed by atoms with Gasteiger partial charge in [-0.05, 0) is 48.2 Å². The van der Waals surface area contributed by atoms with Crippen molar-refractivity contribution in [1.29, 1.82) is 0 Å². The van der Waals surface area contributed by atoms with Gasteiger partial charge in [-0.2, -0.15) is 0 Å². The van der Waals surface area contributed by atoms with Crippen LogP contribution in [0.5, 0.6) is 0 Å². The summed E-state index contributed by atoms with van der Waals surface area (Å²) in [5.41, 5.74) is 6.85. The molecule has 1 aliphatic carbocycles. The van der Waals surface area contributed by atoms with Gasteiger partial charge in [0, 0.05) is 10.4 Å². The third-order valence-corrected chi connectivity index (χ3v) is 4.11. The molecule has 0 nitrogen and oxygen atoms in total. The highest BCUT2D eigenvalue weighted by Gasteiger charge is 2.20. The van der Waals surface area contributed by atoms with Gasteiger partial charge in [-0.3, -0.25) is 0 Å². The van der Waals surface area contributed by atoms with Gasteiger partial charge in [0.2, 0.25) is 0 Å². The Morgan fingerprint density at radius 2 is 1.72 bits per heavy atom. The Bertz CT molecular complexity index is 638. The first-order valence-electron chi connectivity index (χ1n) is 6.20. The van der Waals surface area contributed by atoms with Crippen LogP contribution in [0.25, 0.3) is 6.08 Å². The van der Waals surface area contributed by atoms with Crippen molar-refractivity contribution < 1.29 is 0 Å². The summed E-state index contributed by atoms with van der Waals surface area (Å²) in [5, 5.41) is 0. The number of halogens is 1. The molecule has 1 atom stereocenters. The van der Waals surface area contributed by atoms with E-state index in [-0.39, 0.29) is 0 Å². The minimum absolute atomic E-state index is 0.411. The van der Waals surface area contributed by atoms with Crippen LogP contribution in [0.2, 0.25) is 0 Å². The van der Waals surface area contributed by atoms with Gasteiger partial charge < -0.3 is 0 Å². The number of hydrogen-bond acceptors (Lipinski definition) is 0. The Hall–Kier alpha value is -1.34. The largest absolute Gasteiger partial charge is 0.0720 e. The van der Waals surface area contributed by atoms with Crippen LogP contribution < -0.4 is 0 Å². The van der Waals surface area contributed by atoms with Gasteiger partial charge in [0.15, 0.2) is 0 Å². The van der Waals surface area contributed by atoms with Gasteiger partial charge >= 0.3 is 0 Å². The average molecular weight is 299 g/mol. The van der Waals surface area contributed by atoms with Crippen LogP contribution in [0, 0.1) is 13.8 Å². The molecule has 2 aromatic rings. The lowest BCUT2D eigenvalue weighted by atomic mass is 9.89. The molecule has 1 unspecified atom stereocenters. The van der Waals surface area contributed by atoms with E-state index in [2.05, 4.69) is 78.3 Å². The normalized spacial score (nSPS) is 16.9. The summed E-state index contributed by atoms with van der Waals surface area (Å²) in [6.07, 6.45) is 4.53. The predicted octanol–water partition coefficient (Wildman–Crippen LogP) is 5.22. The fourth-order valence-corrected chi connectivity index (χ4v) is 3.10. The first kappa shape index (κ1) is 11.7. The van der Waals surface area contributed by atoms with Crippen molar-refractivity contribution in [2.24, 2.45) is 0 Å². The van der Waals surface area contributed by atoms with Crippen LogP contribution >= 0.6 is 15.9 Å². The molecule has 1 aliphatic rings. The van der Waals surface area contributed by atoms with Crippen molar-refractivity contribution in [2.45, 2.75) is 19.8 Å². The highest BCUT2D eigenvalue weighted by atomic mass is 79.9. The molecule has 0 heterocycles. The van der Waals surface area contributed by atoms with Crippen LogP contribution in [0.4, 0.5) is 0 Å². The first-order chi connectivity index (χ1) is 8.65. The molecule has 1 heteroatoms. The number of rotatable bonds is 1. The maximum atomic E-state index is 3.53. The zero-order chi connectivity index (χ0) is 12.7. The number of allylic oxidation sites excluding steroid dienone is 1. The molecule has 0 radical (unpaired) electrons. The first-order valence-corrected chi connectivity index (χ1v) is 6.99. The Morgan fingerprint density at radius 1 is 0.944 bits per heavy atom. The van der Waals surface area contributed by atoms with E-state index in [4.69, 9.17) is 0 Å². The van der Waals surface area contributed by atoms with Crippen LogP contribution in [-0.4, -0.2) is 0 Å². The molecule has 0 saturated carbocycles. The SMILES string of the molecule is Cc1ccc(C2C=Cc3cc(Br)ccc32)c(C)c1. The lowest BCUT2D eigenvalue weighted by Crippen LogP contribution is -1.99. The topological polar surface area (TPSA) is 0 Å². The van der Waals surface area contributed by atoms with E-state index in [0.29, 0.717) is 5.92 Å². The third kappa shape index (κ3) is 1.93. The fourth-order valence-electron chi connectivity index (χ4n) is 2.72. The van der Waals surface area contributed by atoms with E-state index >= 15 is 0 Å². The quantitative estimate of drug-likeness (QED) is 0.677. The second-order valence-corrected chi connectivity index (χ2v) is 5.89. The molecule has 90 valence electrons. The summed E-state index contributed by atoms with van der Waals surface area (Å²) >= 11 is 3.53. The van der Waals surface area contributed by atoms with Crippen molar-refractivity contribution >= 4 is 22.0 Å². The lowest BCUT2D eigenvalue weighted by molar-refractivity contribution is 1.02. The third-order valence-electron chi connectivity index (χ3n) is 3.61. The van der Waals surface area contributed by atoms with E-state index in [1.807, 2.05) is 0 Å². The smallest absolute Gasteiger partial charge is 0.0281 e. The summed E-state index contributed by atoms with van der Waals surface area (Å²) in [7, 11) is 0. The zero-order valence-corrected chi connectivity index (χ0v) is 12.2. The molecule has 0 aliphatic heterocycles. The van der Waals surface area contributed by atoms with E-state index in [0.717, 1.165) is 4.47 Å². The Morgan fingerprint density at radius 3 is 2.50 bits per heavy atom. The second-order valence-electron chi connectivity index (χ2n) is 4.97. The summed E-state index contributed by atoms with van der Waals surface area (Å²) in [4.78, 5) is 0. The number of hydrogen-bond donors (Lipinski definition) is 0. The monoisotopic (exact) mass is 298 g/mol. The number of benzene rings is 2. The molecule has 3 rings (SSSR count). The van der Waals surface area contributed by atoms with Gasteiger partial charge in [-0.1, -0.05) is 57.9 Å². The molecule has 18 heavy (non-hydrogen) atoms. The van der Waals surface area contributed by atoms with Gasteiger partial charge in [-0.25, -0.2) is 0 Å². The Kier molecular flexibility index (Phi) is 2.87. The highest BCUT2D eigenvalue weighted by Crippen LogP contribution is 2.37. The predicted molar refractivity (Wildman–Crippen MR) is 80.9 cm³/mol. The molecule has 0 bridgehead atoms. The van der Waals surface area contributed by atoms with E-state index in [1.54, 1.807) is 0 Å². The van der Waals surface area contributed by atoms with Crippen molar-refractivity contribution in [3.05, 3.63) is 74.8 Å². The van der Waals surface area contributed by atoms with Crippen molar-refractivity contribution in [3.63, 3.8) is 0 Å². The van der Waals surface area contributed by atoms with Crippen molar-refractivity contribution in [2.75, 3.05) is 0 Å². The van der Waals surface area contributed by atoms with E-state index in [9.17, 15) is 0 Å². The minimum atomic E-state index is 0.411. The fraction of sp³-hybridized carbons (Fsp3) is 0.176. The summed E-state index contributed by atoms with van der Waals surface area (Å²) in [6, 6.07) is 13.3. The molecule has 2 aromatic carbocycles. The molecular formula is C17H15Br. The molecule has 0 spiro atoms. The maximum absolute atomic E-state index is 3.53. The van der Waals surface area contributed by atoms with Gasteiger partial charge in [0.25, 0.3) is 0 Å². The van der Waals surface area contributed by atoms with E-state index < -0.39 is 0 Å². The van der Waals surface area contributed by atoms with Crippen LogP contribution in [0.15, 0.2) is 46.9 Å². The van der Waals surface area contributed by atoms with Crippen molar-refractivity contribution in [1.82, 2.24) is 0 Å². The van der Waals surface area contributed by atoms with E-state index in [1.165, 1.54) is 27.8 Å². The summed E-state index contributed by atoms with van der Waals surface area (Å²) in [5.74, 6) is 0.411. The minimum Gasteiger partial charge on any atom is -0.0720 e. The van der Waals surface area contributed by atoms with Crippen LogP contribution in [0.1, 0.15) is 33.7 Å². The summed E-state index contributed by atoms with van der Waals surface area (Å²) < 4.78 is 1.15. The molecular weight excluding hydrogens is 284 g/mol. The Balaban J connectivity index is 2.09. The maximum Gasteiger partial charge on any atom is 0.0281 e. The average Bonchev–Trinajstić information content (AvgIpc) is 2.72. The lowest BCUT2D eigenvalue weighted by Gasteiger charge is -2.15. The van der Waals surface area contributed by atoms with Gasteiger partial charge in [0.05, 0.1) is 0 Å². The standard InChI is InChI=1S/C17H15Br/c1-11-3-6-15(12(2)9-11)17-7-4-13-10-14(18)5-8-16(13)17/h3-10,17H,1-2H3. The molecule has 0 saturated heterocycles. The zero-order valence-electron chi connectivity index (χ0n) is 10.6. The van der Waals surface area contributed by atoms with Crippen molar-refractivity contribution in [3.8, 4) is 0 Å². The molecule has 0 aromatic heterocycles.